The molecule has 2 aromatic rings. The normalized spacial score (nSPS) is 13.4. The lowest BCUT2D eigenvalue weighted by atomic mass is 10.1. The second-order valence-electron chi connectivity index (χ2n) is 5.70. The van der Waals surface area contributed by atoms with Gasteiger partial charge in [0.25, 0.3) is 5.91 Å². The van der Waals surface area contributed by atoms with Crippen LogP contribution < -0.4 is 24.4 Å². The number of hydrogen-bond donors (Lipinski definition) is 1. The number of hydrazone groups is 1. The van der Waals surface area contributed by atoms with Crippen LogP contribution in [0.4, 0.5) is 0 Å². The first-order valence-corrected chi connectivity index (χ1v) is 9.03. The van der Waals surface area contributed by atoms with Gasteiger partial charge in [-0.2, -0.15) is 5.10 Å². The lowest BCUT2D eigenvalue weighted by molar-refractivity contribution is -0.131. The number of ether oxygens (including phenoxy) is 5. The number of fused-ring (bicyclic) bond motifs is 1. The number of carbonyl (C=O) groups is 1. The van der Waals surface area contributed by atoms with Crippen molar-refractivity contribution >= 4 is 28.1 Å². The maximum Gasteiger partial charge on any atom is 0.273 e. The molecule has 0 aliphatic carbocycles. The van der Waals surface area contributed by atoms with Crippen molar-refractivity contribution in [2.75, 3.05) is 28.1 Å². The number of nitrogens with zero attached hydrogens (tertiary/aromatic N) is 1. The van der Waals surface area contributed by atoms with Crippen molar-refractivity contribution < 1.29 is 28.5 Å². The van der Waals surface area contributed by atoms with E-state index in [0.29, 0.717) is 38.6 Å². The minimum atomic E-state index is -0.847. The fourth-order valence-electron chi connectivity index (χ4n) is 2.66. The van der Waals surface area contributed by atoms with E-state index in [4.69, 9.17) is 23.7 Å². The number of halogens is 1. The summed E-state index contributed by atoms with van der Waals surface area (Å²) in [6.07, 6.45) is 0.641. The first-order chi connectivity index (χ1) is 13.6. The first-order valence-electron chi connectivity index (χ1n) is 8.24. The van der Waals surface area contributed by atoms with E-state index in [9.17, 15) is 4.79 Å². The summed E-state index contributed by atoms with van der Waals surface area (Å²) in [4.78, 5) is 12.5. The van der Waals surface area contributed by atoms with Crippen LogP contribution in [0.2, 0.25) is 0 Å². The van der Waals surface area contributed by atoms with Crippen LogP contribution in [0, 0.1) is 0 Å². The molecule has 28 heavy (non-hydrogen) atoms. The van der Waals surface area contributed by atoms with Crippen molar-refractivity contribution in [2.24, 2.45) is 5.10 Å². The Morgan fingerprint density at radius 2 is 1.82 bits per heavy atom. The van der Waals surface area contributed by atoms with Crippen molar-refractivity contribution in [3.8, 4) is 23.0 Å². The molecule has 0 spiro atoms. The third-order valence-corrected chi connectivity index (χ3v) is 4.81. The van der Waals surface area contributed by atoms with Gasteiger partial charge in [0.05, 0.1) is 20.4 Å². The molecule has 1 aliphatic heterocycles. The molecule has 1 heterocycles. The Morgan fingerprint density at radius 3 is 2.46 bits per heavy atom. The zero-order valence-corrected chi connectivity index (χ0v) is 17.1. The fraction of sp³-hybridized carbons (Fsp3) is 0.263. The molecule has 0 saturated heterocycles. The van der Waals surface area contributed by atoms with E-state index in [1.807, 2.05) is 0 Å². The Hall–Kier alpha value is -2.78. The monoisotopic (exact) mass is 450 g/mol. The molecule has 1 atom stereocenters. The highest BCUT2D eigenvalue weighted by Crippen LogP contribution is 2.36. The zero-order chi connectivity index (χ0) is 20.1. The zero-order valence-electron chi connectivity index (χ0n) is 15.5. The Bertz CT molecular complexity index is 877. The quantitative estimate of drug-likeness (QED) is 0.515. The molecule has 1 N–H and O–H groups in total. The van der Waals surface area contributed by atoms with E-state index in [-0.39, 0.29) is 6.79 Å². The van der Waals surface area contributed by atoms with Crippen molar-refractivity contribution in [3.63, 3.8) is 0 Å². The number of nitrogens with one attached hydrogen (secondary N) is 1. The van der Waals surface area contributed by atoms with Crippen LogP contribution in [0.5, 0.6) is 23.0 Å². The standard InChI is InChI=1S/C19H19BrN2O6/c1-24-15-6-11(7-16(25-2)17(15)20)9-21-22-19(23)18(26-3)12-4-5-13-14(8-12)28-10-27-13/h4-9,18H,10H2,1-3H3,(H,22,23)/b21-9+. The molecule has 1 amide bonds. The smallest absolute Gasteiger partial charge is 0.273 e. The summed E-state index contributed by atoms with van der Waals surface area (Å²) >= 11 is 3.40. The second-order valence-corrected chi connectivity index (χ2v) is 6.50. The summed E-state index contributed by atoms with van der Waals surface area (Å²) in [5, 5.41) is 4.00. The molecular formula is C19H19BrN2O6. The maximum atomic E-state index is 12.5. The van der Waals surface area contributed by atoms with Gasteiger partial charge in [0.1, 0.15) is 16.0 Å². The number of methoxy groups -OCH3 is 3. The number of amides is 1. The highest BCUT2D eigenvalue weighted by molar-refractivity contribution is 9.10. The number of rotatable bonds is 7. The molecule has 1 unspecified atom stereocenters. The average molecular weight is 451 g/mol. The lowest BCUT2D eigenvalue weighted by Crippen LogP contribution is -2.26. The summed E-state index contributed by atoms with van der Waals surface area (Å²) in [6, 6.07) is 8.71. The largest absolute Gasteiger partial charge is 0.495 e. The fourth-order valence-corrected chi connectivity index (χ4v) is 3.22. The average Bonchev–Trinajstić information content (AvgIpc) is 3.17. The third-order valence-electron chi connectivity index (χ3n) is 4.03. The highest BCUT2D eigenvalue weighted by atomic mass is 79.9. The number of benzene rings is 2. The molecule has 0 radical (unpaired) electrons. The lowest BCUT2D eigenvalue weighted by Gasteiger charge is -2.14. The summed E-state index contributed by atoms with van der Waals surface area (Å²) in [7, 11) is 4.55. The van der Waals surface area contributed by atoms with Crippen LogP contribution >= 0.6 is 15.9 Å². The van der Waals surface area contributed by atoms with Crippen LogP contribution in [0.3, 0.4) is 0 Å². The molecule has 148 valence electrons. The first kappa shape index (κ1) is 20.0. The van der Waals surface area contributed by atoms with E-state index < -0.39 is 12.0 Å². The van der Waals surface area contributed by atoms with Crippen molar-refractivity contribution in [3.05, 3.63) is 45.9 Å². The summed E-state index contributed by atoms with van der Waals surface area (Å²) in [6.45, 7) is 0.160. The van der Waals surface area contributed by atoms with Crippen LogP contribution in [0.1, 0.15) is 17.2 Å². The molecule has 1 aliphatic rings. The van der Waals surface area contributed by atoms with Gasteiger partial charge in [-0.15, -0.1) is 0 Å². The number of carbonyl (C=O) groups excluding carboxylic acids is 1. The predicted molar refractivity (Wildman–Crippen MR) is 105 cm³/mol. The van der Waals surface area contributed by atoms with Gasteiger partial charge in [-0.3, -0.25) is 4.79 Å². The van der Waals surface area contributed by atoms with Crippen molar-refractivity contribution in [1.82, 2.24) is 5.43 Å². The second kappa shape index (κ2) is 8.94. The molecule has 0 saturated carbocycles. The van der Waals surface area contributed by atoms with Crippen LogP contribution in [0.15, 0.2) is 39.9 Å². The molecule has 3 rings (SSSR count). The summed E-state index contributed by atoms with van der Waals surface area (Å²) in [5.41, 5.74) is 3.80. The van der Waals surface area contributed by atoms with E-state index in [0.717, 1.165) is 0 Å². The van der Waals surface area contributed by atoms with Gasteiger partial charge in [0.15, 0.2) is 17.6 Å². The molecule has 9 heteroatoms. The SMILES string of the molecule is COc1cc(/C=N/NC(=O)C(OC)c2ccc3c(c2)OCO3)cc(OC)c1Br. The topological polar surface area (TPSA) is 87.6 Å². The van der Waals surface area contributed by atoms with Crippen LogP contribution in [-0.4, -0.2) is 40.2 Å². The highest BCUT2D eigenvalue weighted by Gasteiger charge is 2.23. The van der Waals surface area contributed by atoms with E-state index >= 15 is 0 Å². The minimum absolute atomic E-state index is 0.160. The summed E-state index contributed by atoms with van der Waals surface area (Å²) in [5.74, 6) is 1.96. The molecular weight excluding hydrogens is 432 g/mol. The van der Waals surface area contributed by atoms with E-state index in [1.54, 1.807) is 44.6 Å². The van der Waals surface area contributed by atoms with Gasteiger partial charge < -0.3 is 23.7 Å². The van der Waals surface area contributed by atoms with E-state index in [1.165, 1.54) is 13.3 Å². The molecule has 0 fully saturated rings. The van der Waals surface area contributed by atoms with Gasteiger partial charge in [0, 0.05) is 12.7 Å². The molecule has 2 aromatic carbocycles. The van der Waals surface area contributed by atoms with E-state index in [2.05, 4.69) is 26.5 Å². The predicted octanol–water partition coefficient (Wildman–Crippen LogP) is 3.03. The van der Waals surface area contributed by atoms with Gasteiger partial charge in [-0.25, -0.2) is 5.43 Å². The Morgan fingerprint density at radius 1 is 1.14 bits per heavy atom. The summed E-state index contributed by atoms with van der Waals surface area (Å²) < 4.78 is 27.2. The van der Waals surface area contributed by atoms with Gasteiger partial charge >= 0.3 is 0 Å². The molecule has 8 nitrogen and oxygen atoms in total. The van der Waals surface area contributed by atoms with Gasteiger partial charge in [0.2, 0.25) is 6.79 Å². The Balaban J connectivity index is 1.72. The van der Waals surface area contributed by atoms with Crippen molar-refractivity contribution in [1.29, 1.82) is 0 Å². The van der Waals surface area contributed by atoms with Crippen LogP contribution in [0.25, 0.3) is 0 Å². The third kappa shape index (κ3) is 4.20. The number of hydrogen-bond acceptors (Lipinski definition) is 7. The van der Waals surface area contributed by atoms with Crippen LogP contribution in [-0.2, 0) is 9.53 Å². The van der Waals surface area contributed by atoms with Gasteiger partial charge in [-0.1, -0.05) is 6.07 Å². The molecule has 0 aromatic heterocycles. The van der Waals surface area contributed by atoms with Crippen molar-refractivity contribution in [2.45, 2.75) is 6.10 Å². The van der Waals surface area contributed by atoms with Gasteiger partial charge in [-0.05, 0) is 45.8 Å². The Labute approximate surface area is 170 Å². The Kier molecular flexibility index (Phi) is 6.37. The maximum absolute atomic E-state index is 12.5. The molecule has 0 bridgehead atoms. The minimum Gasteiger partial charge on any atom is -0.495 e.